The number of carbonyl (C=O) groups excluding carboxylic acids is 1. The number of amides is 1. The lowest BCUT2D eigenvalue weighted by Crippen LogP contribution is -2.56. The van der Waals surface area contributed by atoms with Crippen LogP contribution in [0.2, 0.25) is 0 Å². The number of likely N-dealkylation sites (tertiary alicyclic amines) is 1. The number of allylic oxidation sites excluding steroid dienone is 1. The molecule has 0 bridgehead atoms. The van der Waals surface area contributed by atoms with Gasteiger partial charge in [0, 0.05) is 13.7 Å². The Hall–Kier alpha value is -1.68. The van der Waals surface area contributed by atoms with Crippen molar-refractivity contribution in [1.29, 1.82) is 0 Å². The summed E-state index contributed by atoms with van der Waals surface area (Å²) in [6, 6.07) is 0. The molecule has 3 saturated heterocycles. The molecular weight excluding hydrogens is 418 g/mol. The van der Waals surface area contributed by atoms with Gasteiger partial charge in [0.15, 0.2) is 0 Å². The Morgan fingerprint density at radius 3 is 2.66 bits per heavy atom. The summed E-state index contributed by atoms with van der Waals surface area (Å²) in [4.78, 5) is 25.1. The van der Waals surface area contributed by atoms with Crippen molar-refractivity contribution in [2.24, 2.45) is 5.92 Å². The molecule has 1 aliphatic carbocycles. The molecular formula is C23H35NO8. The Morgan fingerprint density at radius 1 is 1.28 bits per heavy atom. The van der Waals surface area contributed by atoms with Gasteiger partial charge in [-0.25, -0.2) is 9.59 Å². The number of carboxylic acid groups (broad SMARTS) is 1. The van der Waals surface area contributed by atoms with E-state index in [9.17, 15) is 9.59 Å². The van der Waals surface area contributed by atoms with Gasteiger partial charge in [0.2, 0.25) is 0 Å². The van der Waals surface area contributed by atoms with E-state index in [1.807, 2.05) is 0 Å². The van der Waals surface area contributed by atoms with Gasteiger partial charge in [0.05, 0.1) is 31.3 Å². The van der Waals surface area contributed by atoms with Gasteiger partial charge in [0.1, 0.15) is 30.0 Å². The average Bonchev–Trinajstić information content (AvgIpc) is 3.59. The third kappa shape index (κ3) is 4.66. The van der Waals surface area contributed by atoms with Crippen LogP contribution in [0.3, 0.4) is 0 Å². The van der Waals surface area contributed by atoms with Crippen LogP contribution in [0, 0.1) is 5.92 Å². The van der Waals surface area contributed by atoms with Gasteiger partial charge in [0.25, 0.3) is 0 Å². The molecule has 3 aliphatic heterocycles. The first-order valence-electron chi connectivity index (χ1n) is 11.5. The highest BCUT2D eigenvalue weighted by Gasteiger charge is 2.72. The number of ether oxygens (including phenoxy) is 5. The first-order chi connectivity index (χ1) is 15.2. The summed E-state index contributed by atoms with van der Waals surface area (Å²) in [7, 11) is 1.66. The molecule has 7 atom stereocenters. The fraction of sp³-hybridized carbons (Fsp3) is 0.826. The maximum absolute atomic E-state index is 12.9. The van der Waals surface area contributed by atoms with E-state index in [-0.39, 0.29) is 42.0 Å². The Morgan fingerprint density at radius 2 is 2.03 bits per heavy atom. The van der Waals surface area contributed by atoms with Crippen molar-refractivity contribution in [1.82, 2.24) is 4.90 Å². The smallest absolute Gasteiger partial charge is 0.410 e. The van der Waals surface area contributed by atoms with Crippen molar-refractivity contribution >= 4 is 12.1 Å². The van der Waals surface area contributed by atoms with Crippen LogP contribution in [-0.4, -0.2) is 91.1 Å². The number of rotatable bonds is 8. The van der Waals surface area contributed by atoms with Gasteiger partial charge in [-0.3, -0.25) is 0 Å². The molecule has 1 saturated carbocycles. The first kappa shape index (κ1) is 23.5. The standard InChI is InChI=1S/C23H35NO8/c1-14(2)5-6-17-22(3,32-17)20-19(28-4)16(7-9-23(20)13-30-23)31-21(27)24-10-8-15(11-24)29-12-18(25)26/h5,15-17,19-20H,6-13H2,1-4H3,(H,25,26)/t15-,16+,17+,19+,20+,22-,23-/m0/s1. The molecule has 9 heteroatoms. The van der Waals surface area contributed by atoms with Gasteiger partial charge in [-0.15, -0.1) is 0 Å². The van der Waals surface area contributed by atoms with E-state index < -0.39 is 18.2 Å². The SMILES string of the molecule is CO[C@@H]1[C@H](OC(=O)N2CC[C@H](OCC(=O)O)C2)CC[C@]2(CO2)[C@H]1[C@@]1(C)O[C@@H]1CC=C(C)C. The average molecular weight is 454 g/mol. The summed E-state index contributed by atoms with van der Waals surface area (Å²) in [5.41, 5.74) is 0.620. The normalized spacial score (nSPS) is 40.2. The minimum absolute atomic E-state index is 0.0210. The second-order valence-corrected chi connectivity index (χ2v) is 9.86. The van der Waals surface area contributed by atoms with Crippen molar-refractivity contribution in [3.8, 4) is 0 Å². The molecule has 4 fully saturated rings. The Kier molecular flexibility index (Phi) is 6.55. The molecule has 0 aromatic rings. The monoisotopic (exact) mass is 453 g/mol. The minimum atomic E-state index is -1.02. The first-order valence-corrected chi connectivity index (χ1v) is 11.5. The van der Waals surface area contributed by atoms with Crippen molar-refractivity contribution in [3.05, 3.63) is 11.6 Å². The lowest BCUT2D eigenvalue weighted by molar-refractivity contribution is -0.144. The lowest BCUT2D eigenvalue weighted by Gasteiger charge is -2.43. The maximum Gasteiger partial charge on any atom is 0.410 e. The Balaban J connectivity index is 1.39. The van der Waals surface area contributed by atoms with E-state index in [0.29, 0.717) is 32.5 Å². The van der Waals surface area contributed by atoms with Gasteiger partial charge in [-0.05, 0) is 46.5 Å². The van der Waals surface area contributed by atoms with Crippen LogP contribution in [0.1, 0.15) is 46.5 Å². The van der Waals surface area contributed by atoms with Crippen molar-refractivity contribution in [2.75, 3.05) is 33.4 Å². The number of carbonyl (C=O) groups is 2. The van der Waals surface area contributed by atoms with Gasteiger partial charge >= 0.3 is 12.1 Å². The number of hydrogen-bond donors (Lipinski definition) is 1. The number of hydrogen-bond acceptors (Lipinski definition) is 7. The summed E-state index contributed by atoms with van der Waals surface area (Å²) in [5, 5.41) is 8.78. The second kappa shape index (κ2) is 8.93. The number of carboxylic acids is 1. The summed E-state index contributed by atoms with van der Waals surface area (Å²) < 4.78 is 29.3. The largest absolute Gasteiger partial charge is 0.480 e. The quantitative estimate of drug-likeness (QED) is 0.441. The number of epoxide rings is 2. The van der Waals surface area contributed by atoms with Crippen LogP contribution >= 0.6 is 0 Å². The highest BCUT2D eigenvalue weighted by molar-refractivity contribution is 5.69. The van der Waals surface area contributed by atoms with E-state index in [1.165, 1.54) is 5.57 Å². The third-order valence-electron chi connectivity index (χ3n) is 7.33. The molecule has 0 unspecified atom stereocenters. The Labute approximate surface area is 188 Å². The van der Waals surface area contributed by atoms with Crippen molar-refractivity contribution in [2.45, 2.75) is 82.1 Å². The highest BCUT2D eigenvalue weighted by Crippen LogP contribution is 2.59. The topological polar surface area (TPSA) is 110 Å². The molecule has 1 amide bonds. The van der Waals surface area contributed by atoms with E-state index in [2.05, 4.69) is 26.8 Å². The van der Waals surface area contributed by atoms with E-state index in [1.54, 1.807) is 12.0 Å². The third-order valence-corrected chi connectivity index (χ3v) is 7.33. The fourth-order valence-electron chi connectivity index (χ4n) is 5.49. The molecule has 32 heavy (non-hydrogen) atoms. The van der Waals surface area contributed by atoms with Crippen LogP contribution in [0.4, 0.5) is 4.79 Å². The highest BCUT2D eigenvalue weighted by atomic mass is 16.6. The molecule has 0 radical (unpaired) electrons. The molecule has 0 aromatic heterocycles. The summed E-state index contributed by atoms with van der Waals surface area (Å²) in [6.45, 7) is 7.41. The second-order valence-electron chi connectivity index (χ2n) is 9.86. The molecule has 4 rings (SSSR count). The van der Waals surface area contributed by atoms with Gasteiger partial charge < -0.3 is 33.7 Å². The predicted octanol–water partition coefficient (Wildman–Crippen LogP) is 2.37. The summed E-state index contributed by atoms with van der Waals surface area (Å²) in [5.74, 6) is -1.04. The summed E-state index contributed by atoms with van der Waals surface area (Å²) >= 11 is 0. The van der Waals surface area contributed by atoms with Gasteiger partial charge in [-0.2, -0.15) is 0 Å². The van der Waals surface area contributed by atoms with Crippen molar-refractivity contribution in [3.63, 3.8) is 0 Å². The molecule has 9 nitrogen and oxygen atoms in total. The fourth-order valence-corrected chi connectivity index (χ4v) is 5.49. The zero-order valence-electron chi connectivity index (χ0n) is 19.4. The van der Waals surface area contributed by atoms with Crippen LogP contribution in [0.5, 0.6) is 0 Å². The van der Waals surface area contributed by atoms with Crippen LogP contribution in [0.25, 0.3) is 0 Å². The number of aliphatic carboxylic acids is 1. The van der Waals surface area contributed by atoms with Gasteiger partial charge in [-0.1, -0.05) is 11.6 Å². The zero-order chi connectivity index (χ0) is 23.1. The Bertz CT molecular complexity index is 761. The molecule has 3 heterocycles. The maximum atomic E-state index is 12.9. The van der Waals surface area contributed by atoms with Crippen molar-refractivity contribution < 1.29 is 38.4 Å². The van der Waals surface area contributed by atoms with E-state index in [4.69, 9.17) is 28.8 Å². The number of nitrogens with zero attached hydrogens (tertiary/aromatic N) is 1. The molecule has 1 spiro atoms. The molecule has 1 N–H and O–H groups in total. The minimum Gasteiger partial charge on any atom is -0.480 e. The lowest BCUT2D eigenvalue weighted by atomic mass is 9.68. The number of methoxy groups -OCH3 is 1. The van der Waals surface area contributed by atoms with E-state index in [0.717, 1.165) is 12.8 Å². The van der Waals surface area contributed by atoms with Crippen LogP contribution in [-0.2, 0) is 28.5 Å². The van der Waals surface area contributed by atoms with Crippen LogP contribution in [0.15, 0.2) is 11.6 Å². The zero-order valence-corrected chi connectivity index (χ0v) is 19.4. The van der Waals surface area contributed by atoms with Crippen LogP contribution < -0.4 is 0 Å². The molecule has 4 aliphatic rings. The summed E-state index contributed by atoms with van der Waals surface area (Å²) in [6.07, 6.45) is 3.79. The van der Waals surface area contributed by atoms with E-state index >= 15 is 0 Å². The predicted molar refractivity (Wildman–Crippen MR) is 113 cm³/mol. The molecule has 0 aromatic carbocycles. The molecule has 180 valence electrons.